The van der Waals surface area contributed by atoms with E-state index >= 15 is 0 Å². The molecule has 0 atom stereocenters. The van der Waals surface area contributed by atoms with Crippen molar-refractivity contribution >= 4 is 33.3 Å². The predicted molar refractivity (Wildman–Crippen MR) is 83.0 cm³/mol. The number of carboxylic acid groups (broad SMARTS) is 1. The van der Waals surface area contributed by atoms with E-state index in [9.17, 15) is 4.79 Å². The van der Waals surface area contributed by atoms with Gasteiger partial charge in [0, 0.05) is 6.54 Å². The summed E-state index contributed by atoms with van der Waals surface area (Å²) in [5.74, 6) is -0.0575. The van der Waals surface area contributed by atoms with Crippen LogP contribution >= 0.6 is 11.3 Å². The highest BCUT2D eigenvalue weighted by Crippen LogP contribution is 2.24. The number of hydrogen-bond donors (Lipinski definition) is 2. The van der Waals surface area contributed by atoms with Gasteiger partial charge in [-0.15, -0.1) is 11.3 Å². The number of thiophene rings is 1. The molecule has 2 heterocycles. The van der Waals surface area contributed by atoms with Crippen LogP contribution in [0.1, 0.15) is 15.9 Å². The molecule has 0 radical (unpaired) electrons. The van der Waals surface area contributed by atoms with Gasteiger partial charge in [0.05, 0.1) is 15.8 Å². The quantitative estimate of drug-likeness (QED) is 0.757. The van der Waals surface area contributed by atoms with E-state index in [0.29, 0.717) is 5.56 Å². The van der Waals surface area contributed by atoms with Crippen LogP contribution in [0.2, 0.25) is 0 Å². The molecule has 2 aromatic heterocycles. The first-order valence-corrected chi connectivity index (χ1v) is 7.36. The van der Waals surface area contributed by atoms with Gasteiger partial charge >= 0.3 is 5.97 Å². The Bertz CT molecular complexity index is 768. The Hall–Kier alpha value is -2.47. The molecule has 0 spiro atoms. The smallest absolute Gasteiger partial charge is 0.335 e. The lowest BCUT2D eigenvalue weighted by Gasteiger charge is -2.06. The highest BCUT2D eigenvalue weighted by molar-refractivity contribution is 7.17. The van der Waals surface area contributed by atoms with E-state index in [1.165, 1.54) is 0 Å². The maximum atomic E-state index is 10.8. The van der Waals surface area contributed by atoms with Gasteiger partial charge in [0.25, 0.3) is 0 Å². The van der Waals surface area contributed by atoms with Crippen molar-refractivity contribution < 1.29 is 9.90 Å². The summed E-state index contributed by atoms with van der Waals surface area (Å²) in [6, 6.07) is 8.90. The summed E-state index contributed by atoms with van der Waals surface area (Å²) in [6.45, 7) is 0.733. The number of rotatable bonds is 5. The van der Waals surface area contributed by atoms with Crippen LogP contribution in [-0.4, -0.2) is 27.6 Å². The molecule has 0 amide bonds. The Kier molecular flexibility index (Phi) is 3.79. The number of nitrogens with zero attached hydrogens (tertiary/aromatic N) is 2. The molecule has 21 heavy (non-hydrogen) atoms. The summed E-state index contributed by atoms with van der Waals surface area (Å²) in [7, 11) is 0. The molecule has 106 valence electrons. The fraction of sp³-hybridized carbons (Fsp3) is 0.133. The summed E-state index contributed by atoms with van der Waals surface area (Å²) in [4.78, 5) is 19.2. The molecule has 0 fully saturated rings. The van der Waals surface area contributed by atoms with Crippen LogP contribution in [0.15, 0.2) is 42.0 Å². The van der Waals surface area contributed by atoms with Crippen LogP contribution in [0.4, 0.5) is 5.82 Å². The Balaban J connectivity index is 1.63. The van der Waals surface area contributed by atoms with Gasteiger partial charge < -0.3 is 10.4 Å². The van der Waals surface area contributed by atoms with Gasteiger partial charge in [0.15, 0.2) is 0 Å². The fourth-order valence-corrected chi connectivity index (χ4v) is 2.86. The molecule has 0 saturated heterocycles. The molecule has 2 N–H and O–H groups in total. The van der Waals surface area contributed by atoms with Crippen molar-refractivity contribution in [3.8, 4) is 0 Å². The molecular weight excluding hydrogens is 286 g/mol. The topological polar surface area (TPSA) is 75.1 Å². The number of benzene rings is 1. The second-order valence-electron chi connectivity index (χ2n) is 4.54. The molecule has 0 aliphatic carbocycles. The lowest BCUT2D eigenvalue weighted by Crippen LogP contribution is -2.07. The van der Waals surface area contributed by atoms with E-state index in [-0.39, 0.29) is 0 Å². The molecule has 5 nitrogen and oxygen atoms in total. The van der Waals surface area contributed by atoms with Gasteiger partial charge in [0.2, 0.25) is 0 Å². The summed E-state index contributed by atoms with van der Waals surface area (Å²) in [6.07, 6.45) is 2.36. The number of fused-ring (bicyclic) bond motifs is 1. The van der Waals surface area contributed by atoms with Crippen LogP contribution in [-0.2, 0) is 6.42 Å². The molecule has 0 aliphatic rings. The highest BCUT2D eigenvalue weighted by atomic mass is 32.1. The van der Waals surface area contributed by atoms with Gasteiger partial charge in [-0.3, -0.25) is 0 Å². The van der Waals surface area contributed by atoms with Gasteiger partial charge in [-0.1, -0.05) is 12.1 Å². The van der Waals surface area contributed by atoms with Gasteiger partial charge in [0.1, 0.15) is 12.1 Å². The SMILES string of the molecule is O=C(O)c1ccc(CCNc2ncnc3ccsc23)cc1. The summed E-state index contributed by atoms with van der Waals surface area (Å²) < 4.78 is 1.05. The third-order valence-electron chi connectivity index (χ3n) is 3.15. The summed E-state index contributed by atoms with van der Waals surface area (Å²) in [5, 5.41) is 14.2. The second-order valence-corrected chi connectivity index (χ2v) is 5.45. The Morgan fingerprint density at radius 3 is 2.76 bits per heavy atom. The molecular formula is C15H13N3O2S. The van der Waals surface area contributed by atoms with E-state index in [1.807, 2.05) is 23.6 Å². The minimum atomic E-state index is -0.902. The minimum absolute atomic E-state index is 0.308. The average Bonchev–Trinajstić information content (AvgIpc) is 2.97. The number of carbonyl (C=O) groups is 1. The molecule has 3 rings (SSSR count). The van der Waals surface area contributed by atoms with Crippen molar-refractivity contribution in [1.29, 1.82) is 0 Å². The minimum Gasteiger partial charge on any atom is -0.478 e. The van der Waals surface area contributed by atoms with Crippen LogP contribution in [0.5, 0.6) is 0 Å². The van der Waals surface area contributed by atoms with Crippen molar-refractivity contribution in [2.75, 3.05) is 11.9 Å². The molecule has 6 heteroatoms. The van der Waals surface area contributed by atoms with E-state index in [4.69, 9.17) is 5.11 Å². The zero-order valence-electron chi connectivity index (χ0n) is 11.1. The van der Waals surface area contributed by atoms with Crippen LogP contribution < -0.4 is 5.32 Å². The van der Waals surface area contributed by atoms with Crippen LogP contribution in [0, 0.1) is 0 Å². The molecule has 0 unspecified atom stereocenters. The van der Waals surface area contributed by atoms with Crippen LogP contribution in [0.3, 0.4) is 0 Å². The van der Waals surface area contributed by atoms with Crippen molar-refractivity contribution in [2.45, 2.75) is 6.42 Å². The molecule has 1 aromatic carbocycles. The molecule has 0 saturated carbocycles. The summed E-state index contributed by atoms with van der Waals surface area (Å²) in [5.41, 5.74) is 2.34. The average molecular weight is 299 g/mol. The van der Waals surface area contributed by atoms with Crippen molar-refractivity contribution in [3.05, 3.63) is 53.2 Å². The highest BCUT2D eigenvalue weighted by Gasteiger charge is 2.05. The number of aromatic carboxylic acids is 1. The Labute approximate surface area is 125 Å². The second kappa shape index (κ2) is 5.88. The lowest BCUT2D eigenvalue weighted by atomic mass is 10.1. The number of aromatic nitrogens is 2. The monoisotopic (exact) mass is 299 g/mol. The van der Waals surface area contributed by atoms with E-state index in [1.54, 1.807) is 29.8 Å². The largest absolute Gasteiger partial charge is 0.478 e. The zero-order chi connectivity index (χ0) is 14.7. The van der Waals surface area contributed by atoms with Gasteiger partial charge in [-0.2, -0.15) is 0 Å². The Morgan fingerprint density at radius 2 is 2.00 bits per heavy atom. The van der Waals surface area contributed by atoms with E-state index < -0.39 is 5.97 Å². The van der Waals surface area contributed by atoms with Crippen molar-refractivity contribution in [3.63, 3.8) is 0 Å². The number of hydrogen-bond acceptors (Lipinski definition) is 5. The first kappa shape index (κ1) is 13.5. The first-order valence-electron chi connectivity index (χ1n) is 6.48. The maximum Gasteiger partial charge on any atom is 0.335 e. The predicted octanol–water partition coefficient (Wildman–Crippen LogP) is 3.04. The van der Waals surface area contributed by atoms with Gasteiger partial charge in [-0.25, -0.2) is 14.8 Å². The molecule has 0 aliphatic heterocycles. The van der Waals surface area contributed by atoms with Crippen molar-refractivity contribution in [2.24, 2.45) is 0 Å². The van der Waals surface area contributed by atoms with Gasteiger partial charge in [-0.05, 0) is 35.6 Å². The maximum absolute atomic E-state index is 10.8. The normalized spacial score (nSPS) is 10.7. The number of nitrogens with one attached hydrogen (secondary N) is 1. The third kappa shape index (κ3) is 3.00. The zero-order valence-corrected chi connectivity index (χ0v) is 11.9. The standard InChI is InChI=1S/C15H13N3O2S/c19-15(20)11-3-1-10(2-4-11)5-7-16-14-13-12(6-8-21-13)17-9-18-14/h1-4,6,8-9H,5,7H2,(H,19,20)(H,16,17,18). The number of carboxylic acids is 1. The Morgan fingerprint density at radius 1 is 1.19 bits per heavy atom. The van der Waals surface area contributed by atoms with E-state index in [0.717, 1.165) is 34.6 Å². The third-order valence-corrected chi connectivity index (χ3v) is 4.06. The van der Waals surface area contributed by atoms with Crippen molar-refractivity contribution in [1.82, 2.24) is 9.97 Å². The molecule has 3 aromatic rings. The number of anilines is 1. The molecule has 0 bridgehead atoms. The fourth-order valence-electron chi connectivity index (χ4n) is 2.05. The van der Waals surface area contributed by atoms with E-state index in [2.05, 4.69) is 15.3 Å². The lowest BCUT2D eigenvalue weighted by molar-refractivity contribution is 0.0697. The summed E-state index contributed by atoms with van der Waals surface area (Å²) >= 11 is 1.61. The van der Waals surface area contributed by atoms with Crippen LogP contribution in [0.25, 0.3) is 10.2 Å². The first-order chi connectivity index (χ1) is 10.2.